The highest BCUT2D eigenvalue weighted by Crippen LogP contribution is 2.44. The lowest BCUT2D eigenvalue weighted by Crippen LogP contribution is -2.27. The van der Waals surface area contributed by atoms with Gasteiger partial charge < -0.3 is 20.1 Å². The summed E-state index contributed by atoms with van der Waals surface area (Å²) in [6.45, 7) is 8.41. The zero-order valence-electron chi connectivity index (χ0n) is 28.7. The van der Waals surface area contributed by atoms with Crippen molar-refractivity contribution >= 4 is 19.8 Å². The Hall–Kier alpha value is -0.990. The van der Waals surface area contributed by atoms with Crippen LogP contribution in [0.3, 0.4) is 0 Å². The van der Waals surface area contributed by atoms with Gasteiger partial charge in [0, 0.05) is 19.4 Å². The van der Waals surface area contributed by atoms with Crippen LogP contribution in [0.15, 0.2) is 0 Å². The number of phosphoric ester groups is 1. The lowest BCUT2D eigenvalue weighted by Gasteiger charge is -2.20. The fourth-order valence-electron chi connectivity index (χ4n) is 4.99. The van der Waals surface area contributed by atoms with Gasteiger partial charge in [-0.05, 0) is 24.7 Å². The van der Waals surface area contributed by atoms with Gasteiger partial charge in [-0.25, -0.2) is 9.09 Å². The van der Waals surface area contributed by atoms with Crippen molar-refractivity contribution in [2.45, 2.75) is 175 Å². The third kappa shape index (κ3) is 31.0. The molecule has 0 radical (unpaired) electrons. The summed E-state index contributed by atoms with van der Waals surface area (Å²) in [7, 11) is -4.54. The Balaban J connectivity index is 4.21. The molecule has 0 aliphatic heterocycles. The van der Waals surface area contributed by atoms with Crippen LogP contribution in [0.1, 0.15) is 169 Å². The average Bonchev–Trinajstić information content (AvgIpc) is 2.95. The third-order valence-corrected chi connectivity index (χ3v) is 8.60. The van der Waals surface area contributed by atoms with Gasteiger partial charge in [0.15, 0.2) is 6.61 Å². The van der Waals surface area contributed by atoms with Gasteiger partial charge >= 0.3 is 19.8 Å². The van der Waals surface area contributed by atoms with Crippen molar-refractivity contribution in [1.29, 1.82) is 0 Å². The van der Waals surface area contributed by atoms with Crippen LogP contribution in [-0.2, 0) is 32.7 Å². The quantitative estimate of drug-likeness (QED) is 0.0316. The number of nitrogens with two attached hydrogens (primary N) is 1. The number of phosphoric acid groups is 1. The van der Waals surface area contributed by atoms with Crippen LogP contribution in [0, 0.1) is 11.8 Å². The van der Waals surface area contributed by atoms with Crippen molar-refractivity contribution in [2.24, 2.45) is 17.6 Å². The molecule has 1 unspecified atom stereocenters. The van der Waals surface area contributed by atoms with Gasteiger partial charge in [-0.1, -0.05) is 143 Å². The Kier molecular flexibility index (Phi) is 28.8. The van der Waals surface area contributed by atoms with Crippen molar-refractivity contribution in [3.8, 4) is 0 Å². The van der Waals surface area contributed by atoms with E-state index in [2.05, 4.69) is 27.7 Å². The summed E-state index contributed by atoms with van der Waals surface area (Å²) in [6, 6.07) is 0. The molecule has 9 nitrogen and oxygen atoms in total. The molecule has 0 bridgehead atoms. The molecule has 0 aliphatic rings. The third-order valence-electron chi connectivity index (χ3n) is 7.59. The van der Waals surface area contributed by atoms with Gasteiger partial charge in [0.05, 0.1) is 6.61 Å². The molecule has 0 rings (SSSR count). The van der Waals surface area contributed by atoms with Gasteiger partial charge in [-0.2, -0.15) is 0 Å². The molecular formula is C34H68NO8P. The molecule has 0 saturated heterocycles. The van der Waals surface area contributed by atoms with Crippen LogP contribution in [0.25, 0.3) is 0 Å². The van der Waals surface area contributed by atoms with Crippen molar-refractivity contribution in [3.63, 3.8) is 0 Å². The molecule has 262 valence electrons. The van der Waals surface area contributed by atoms with E-state index in [9.17, 15) is 19.0 Å². The summed E-state index contributed by atoms with van der Waals surface area (Å²) in [4.78, 5) is 34.6. The van der Waals surface area contributed by atoms with Gasteiger partial charge in [-0.3, -0.25) is 14.1 Å². The molecule has 10 heteroatoms. The first-order valence-corrected chi connectivity index (χ1v) is 19.3. The van der Waals surface area contributed by atoms with Gasteiger partial charge in [0.25, 0.3) is 0 Å². The van der Waals surface area contributed by atoms with E-state index in [0.717, 1.165) is 50.4 Å². The van der Waals surface area contributed by atoms with E-state index in [-0.39, 0.29) is 26.0 Å². The number of ether oxygens (including phenoxy) is 2. The number of carbonyl (C=O) groups is 2. The molecule has 0 saturated carbocycles. The number of hydrogen-bond acceptors (Lipinski definition) is 8. The van der Waals surface area contributed by atoms with E-state index >= 15 is 0 Å². The highest BCUT2D eigenvalue weighted by atomic mass is 31.2. The molecule has 0 heterocycles. The average molecular weight is 650 g/mol. The van der Waals surface area contributed by atoms with Gasteiger partial charge in [-0.15, -0.1) is 0 Å². The fourth-order valence-corrected chi connectivity index (χ4v) is 5.79. The van der Waals surface area contributed by atoms with Crippen LogP contribution >= 0.6 is 7.82 Å². The second kappa shape index (κ2) is 29.4. The van der Waals surface area contributed by atoms with Crippen molar-refractivity contribution < 1.29 is 37.6 Å². The highest BCUT2D eigenvalue weighted by Gasteiger charge is 2.30. The summed E-state index contributed by atoms with van der Waals surface area (Å²) in [5, 5.41) is 0. The number of unbranched alkanes of at least 4 members (excludes halogenated alkanes) is 16. The summed E-state index contributed by atoms with van der Waals surface area (Å²) in [5.41, 5.74) is 5.33. The predicted octanol–water partition coefficient (Wildman–Crippen LogP) is 9.39. The molecule has 0 aromatic heterocycles. The zero-order chi connectivity index (χ0) is 32.9. The monoisotopic (exact) mass is 649 g/mol. The first-order valence-electron chi connectivity index (χ1n) is 17.8. The van der Waals surface area contributed by atoms with Crippen LogP contribution in [0.5, 0.6) is 0 Å². The standard InChI is InChI=1S/C34H68NO8P/c1-30(2)23-19-15-11-7-5-9-13-17-21-25-32(36)40-29-34(43-44(38,39)41-28-27-35)42-33(37)26-22-18-14-10-6-8-12-16-20-24-31(3)4/h30-31,34H,5-29,35H2,1-4H3,(H,38,39)/t34-/m0/s1. The van der Waals surface area contributed by atoms with Crippen molar-refractivity contribution in [2.75, 3.05) is 19.8 Å². The molecule has 2 atom stereocenters. The minimum Gasteiger partial charge on any atom is -0.459 e. The maximum Gasteiger partial charge on any atom is 0.475 e. The Morgan fingerprint density at radius 3 is 1.43 bits per heavy atom. The Labute approximate surface area is 269 Å². The molecule has 0 aliphatic carbocycles. The largest absolute Gasteiger partial charge is 0.475 e. The fraction of sp³-hybridized carbons (Fsp3) is 0.941. The second-order valence-corrected chi connectivity index (χ2v) is 14.4. The van der Waals surface area contributed by atoms with Gasteiger partial charge in [0.2, 0.25) is 6.29 Å². The Morgan fingerprint density at radius 2 is 1.02 bits per heavy atom. The molecule has 44 heavy (non-hydrogen) atoms. The minimum absolute atomic E-state index is 0.0176. The van der Waals surface area contributed by atoms with E-state index in [1.807, 2.05) is 0 Å². The summed E-state index contributed by atoms with van der Waals surface area (Å²) in [6.07, 6.45) is 21.9. The van der Waals surface area contributed by atoms with E-state index in [4.69, 9.17) is 24.3 Å². The first-order chi connectivity index (χ1) is 21.1. The maximum atomic E-state index is 12.4. The summed E-state index contributed by atoms with van der Waals surface area (Å²) >= 11 is 0. The molecule has 0 amide bonds. The van der Waals surface area contributed by atoms with E-state index < -0.39 is 32.7 Å². The summed E-state index contributed by atoms with van der Waals surface area (Å²) < 4.78 is 32.4. The van der Waals surface area contributed by atoms with E-state index in [1.165, 1.54) is 77.0 Å². The molecule has 0 spiro atoms. The van der Waals surface area contributed by atoms with E-state index in [0.29, 0.717) is 12.8 Å². The Morgan fingerprint density at radius 1 is 0.636 bits per heavy atom. The van der Waals surface area contributed by atoms with Gasteiger partial charge in [0.1, 0.15) is 0 Å². The lowest BCUT2D eigenvalue weighted by atomic mass is 10.0. The lowest BCUT2D eigenvalue weighted by molar-refractivity contribution is -0.180. The first kappa shape index (κ1) is 43.0. The van der Waals surface area contributed by atoms with Crippen molar-refractivity contribution in [3.05, 3.63) is 0 Å². The van der Waals surface area contributed by atoms with E-state index in [1.54, 1.807) is 0 Å². The van der Waals surface area contributed by atoms with Crippen LogP contribution in [0.4, 0.5) is 0 Å². The summed E-state index contributed by atoms with van der Waals surface area (Å²) in [5.74, 6) is 0.533. The maximum absolute atomic E-state index is 12.4. The number of rotatable bonds is 32. The molecule has 0 aromatic carbocycles. The predicted molar refractivity (Wildman–Crippen MR) is 178 cm³/mol. The second-order valence-electron chi connectivity index (χ2n) is 13.0. The molecule has 0 aromatic rings. The Bertz CT molecular complexity index is 734. The molecule has 0 fully saturated rings. The van der Waals surface area contributed by atoms with Crippen LogP contribution < -0.4 is 5.73 Å². The zero-order valence-corrected chi connectivity index (χ0v) is 29.6. The number of carbonyl (C=O) groups excluding carboxylic acids is 2. The van der Waals surface area contributed by atoms with Crippen LogP contribution in [0.2, 0.25) is 0 Å². The van der Waals surface area contributed by atoms with Crippen LogP contribution in [-0.4, -0.2) is 42.9 Å². The molecule has 3 N–H and O–H groups in total. The molecular weight excluding hydrogens is 581 g/mol. The normalized spacial score (nSPS) is 13.7. The number of hydrogen-bond donors (Lipinski definition) is 2. The topological polar surface area (TPSA) is 134 Å². The smallest absolute Gasteiger partial charge is 0.459 e. The SMILES string of the molecule is CC(C)CCCCCCCCCCCC(=O)OC[C@@H](OC(=O)CCCCCCCCCCCC(C)C)OP(=O)(O)OCCN. The minimum atomic E-state index is -4.54. The number of esters is 2. The highest BCUT2D eigenvalue weighted by molar-refractivity contribution is 7.47. The van der Waals surface area contributed by atoms with Crippen molar-refractivity contribution in [1.82, 2.24) is 0 Å².